The van der Waals surface area contributed by atoms with Crippen molar-refractivity contribution in [2.45, 2.75) is 32.4 Å². The predicted molar refractivity (Wildman–Crippen MR) is 65.6 cm³/mol. The van der Waals surface area contributed by atoms with Crippen LogP contribution in [0.5, 0.6) is 0 Å². The van der Waals surface area contributed by atoms with E-state index in [9.17, 15) is 18.0 Å². The molecule has 0 saturated heterocycles. The highest BCUT2D eigenvalue weighted by Crippen LogP contribution is 2.03. The fourth-order valence-corrected chi connectivity index (χ4v) is 1.64. The Morgan fingerprint density at radius 3 is 2.37 bits per heavy atom. The summed E-state index contributed by atoms with van der Waals surface area (Å²) >= 11 is 0. The lowest BCUT2D eigenvalue weighted by Gasteiger charge is -2.18. The first-order valence-corrected chi connectivity index (χ1v) is 7.21. The van der Waals surface area contributed by atoms with E-state index in [0.29, 0.717) is 0 Å². The van der Waals surface area contributed by atoms with Crippen molar-refractivity contribution >= 4 is 22.1 Å². The molecule has 2 unspecified atom stereocenters. The average molecular weight is 297 g/mol. The fourth-order valence-electron chi connectivity index (χ4n) is 1.06. The smallest absolute Gasteiger partial charge is 0.326 e. The van der Waals surface area contributed by atoms with Gasteiger partial charge in [0.2, 0.25) is 0 Å². The number of carbonyl (C=O) groups excluding carboxylic acids is 2. The molecule has 9 heteroatoms. The molecule has 0 spiro atoms. The maximum atomic E-state index is 11.4. The molecule has 0 fully saturated rings. The topological polar surface area (TPSA) is 122 Å². The van der Waals surface area contributed by atoms with E-state index in [2.05, 4.69) is 8.92 Å². The lowest BCUT2D eigenvalue weighted by Crippen LogP contribution is -2.43. The molecule has 8 nitrogen and oxygen atoms in total. The molecule has 0 aliphatic rings. The normalized spacial score (nSPS) is 14.5. The van der Waals surface area contributed by atoms with Crippen LogP contribution in [-0.2, 0) is 33.4 Å². The van der Waals surface area contributed by atoms with Crippen LogP contribution in [0.2, 0.25) is 0 Å². The highest BCUT2D eigenvalue weighted by Gasteiger charge is 2.25. The van der Waals surface area contributed by atoms with Gasteiger partial charge in [-0.05, 0) is 13.8 Å². The third-order valence-electron chi connectivity index (χ3n) is 2.19. The van der Waals surface area contributed by atoms with E-state index in [-0.39, 0.29) is 13.0 Å². The van der Waals surface area contributed by atoms with Gasteiger partial charge in [0.05, 0.1) is 25.9 Å². The van der Waals surface area contributed by atoms with Crippen molar-refractivity contribution in [3.05, 3.63) is 0 Å². The van der Waals surface area contributed by atoms with E-state index in [0.717, 1.165) is 7.11 Å². The minimum absolute atomic E-state index is 0.166. The summed E-state index contributed by atoms with van der Waals surface area (Å²) in [6, 6.07) is -1.11. The Hall–Kier alpha value is -1.19. The highest BCUT2D eigenvalue weighted by molar-refractivity contribution is 7.86. The van der Waals surface area contributed by atoms with Gasteiger partial charge in [-0.25, -0.2) is 0 Å². The zero-order valence-corrected chi connectivity index (χ0v) is 11.9. The summed E-state index contributed by atoms with van der Waals surface area (Å²) < 4.78 is 35.7. The molecule has 0 heterocycles. The molecule has 0 saturated carbocycles. The minimum Gasteiger partial charge on any atom is -0.465 e. The van der Waals surface area contributed by atoms with Crippen LogP contribution < -0.4 is 5.73 Å². The molecule has 0 amide bonds. The molecular weight excluding hydrogens is 278 g/mol. The summed E-state index contributed by atoms with van der Waals surface area (Å²) in [5.41, 5.74) is 5.51. The molecular formula is C10H19NO7S. The Balaban J connectivity index is 4.22. The third-order valence-corrected chi connectivity index (χ3v) is 3.40. The molecule has 0 rings (SSSR count). The van der Waals surface area contributed by atoms with Crippen LogP contribution >= 0.6 is 0 Å². The van der Waals surface area contributed by atoms with Crippen molar-refractivity contribution in [2.75, 3.05) is 19.5 Å². The molecule has 0 bridgehead atoms. The Morgan fingerprint density at radius 1 is 1.32 bits per heavy atom. The van der Waals surface area contributed by atoms with Gasteiger partial charge in [-0.15, -0.1) is 0 Å². The van der Waals surface area contributed by atoms with Crippen LogP contribution in [0, 0.1) is 0 Å². The van der Waals surface area contributed by atoms with Gasteiger partial charge < -0.3 is 15.2 Å². The van der Waals surface area contributed by atoms with Crippen LogP contribution in [0.3, 0.4) is 0 Å². The predicted octanol–water partition coefficient (Wildman–Crippen LogP) is -0.825. The van der Waals surface area contributed by atoms with Crippen molar-refractivity contribution in [2.24, 2.45) is 5.73 Å². The highest BCUT2D eigenvalue weighted by atomic mass is 32.2. The first-order valence-electron chi connectivity index (χ1n) is 5.63. The standard InChI is InChI=1S/C10H19NO7S/c1-4-17-10(13)9(11)7(2)18-8(12)5-6-19(14,15)16-3/h7,9H,4-6,11H2,1-3H3. The van der Waals surface area contributed by atoms with Crippen molar-refractivity contribution in [3.8, 4) is 0 Å². The molecule has 0 radical (unpaired) electrons. The van der Waals surface area contributed by atoms with Gasteiger partial charge in [0, 0.05) is 0 Å². The number of ether oxygens (including phenoxy) is 2. The molecule has 0 aliphatic carbocycles. The summed E-state index contributed by atoms with van der Waals surface area (Å²) in [4.78, 5) is 22.6. The second kappa shape index (κ2) is 8.08. The fraction of sp³-hybridized carbons (Fsp3) is 0.800. The largest absolute Gasteiger partial charge is 0.465 e. The van der Waals surface area contributed by atoms with Gasteiger partial charge in [-0.3, -0.25) is 13.8 Å². The Bertz CT molecular complexity index is 406. The summed E-state index contributed by atoms with van der Waals surface area (Å²) in [6.07, 6.45) is -1.28. The SMILES string of the molecule is CCOC(=O)C(N)C(C)OC(=O)CCS(=O)(=O)OC. The van der Waals surface area contributed by atoms with E-state index in [4.69, 9.17) is 10.5 Å². The maximum Gasteiger partial charge on any atom is 0.326 e. The number of hydrogen-bond acceptors (Lipinski definition) is 8. The van der Waals surface area contributed by atoms with Gasteiger partial charge in [0.25, 0.3) is 10.1 Å². The van der Waals surface area contributed by atoms with Crippen molar-refractivity contribution < 1.29 is 31.7 Å². The summed E-state index contributed by atoms with van der Waals surface area (Å²) in [6.45, 7) is 3.21. The van der Waals surface area contributed by atoms with Crippen LogP contribution in [-0.4, -0.2) is 52.0 Å². The lowest BCUT2D eigenvalue weighted by atomic mass is 10.2. The molecule has 19 heavy (non-hydrogen) atoms. The molecule has 0 aliphatic heterocycles. The zero-order valence-electron chi connectivity index (χ0n) is 11.1. The average Bonchev–Trinajstić information content (AvgIpc) is 2.35. The van der Waals surface area contributed by atoms with Crippen LogP contribution in [0.15, 0.2) is 0 Å². The van der Waals surface area contributed by atoms with E-state index in [1.807, 2.05) is 0 Å². The van der Waals surface area contributed by atoms with Crippen LogP contribution in [0.1, 0.15) is 20.3 Å². The van der Waals surface area contributed by atoms with Crippen LogP contribution in [0.4, 0.5) is 0 Å². The third kappa shape index (κ3) is 7.09. The van der Waals surface area contributed by atoms with Gasteiger partial charge >= 0.3 is 11.9 Å². The van der Waals surface area contributed by atoms with Gasteiger partial charge in [-0.1, -0.05) is 0 Å². The van der Waals surface area contributed by atoms with Crippen LogP contribution in [0.25, 0.3) is 0 Å². The quantitative estimate of drug-likeness (QED) is 0.455. The first-order chi connectivity index (χ1) is 8.73. The van der Waals surface area contributed by atoms with E-state index in [1.165, 1.54) is 6.92 Å². The summed E-state index contributed by atoms with van der Waals surface area (Å²) in [5.74, 6) is -1.97. The van der Waals surface area contributed by atoms with E-state index < -0.39 is 40.0 Å². The van der Waals surface area contributed by atoms with Crippen molar-refractivity contribution in [1.82, 2.24) is 0 Å². The molecule has 0 aromatic rings. The number of rotatable bonds is 8. The van der Waals surface area contributed by atoms with E-state index in [1.54, 1.807) is 6.92 Å². The minimum atomic E-state index is -3.72. The molecule has 2 N–H and O–H groups in total. The Labute approximate surface area is 112 Å². The second-order valence-electron chi connectivity index (χ2n) is 3.65. The van der Waals surface area contributed by atoms with E-state index >= 15 is 0 Å². The Morgan fingerprint density at radius 2 is 1.89 bits per heavy atom. The van der Waals surface area contributed by atoms with Gasteiger partial charge in [0.15, 0.2) is 0 Å². The number of nitrogens with two attached hydrogens (primary N) is 1. The number of carbonyl (C=O) groups is 2. The first kappa shape index (κ1) is 17.8. The number of hydrogen-bond donors (Lipinski definition) is 1. The lowest BCUT2D eigenvalue weighted by molar-refractivity contribution is -0.155. The maximum absolute atomic E-state index is 11.4. The number of esters is 2. The summed E-state index contributed by atoms with van der Waals surface area (Å²) in [7, 11) is -2.72. The summed E-state index contributed by atoms with van der Waals surface area (Å²) in [5, 5.41) is 0. The van der Waals surface area contributed by atoms with Gasteiger partial charge in [-0.2, -0.15) is 8.42 Å². The van der Waals surface area contributed by atoms with Crippen molar-refractivity contribution in [1.29, 1.82) is 0 Å². The Kier molecular flexibility index (Phi) is 7.57. The van der Waals surface area contributed by atoms with Gasteiger partial charge in [0.1, 0.15) is 12.1 Å². The second-order valence-corrected chi connectivity index (χ2v) is 5.51. The molecule has 2 atom stereocenters. The molecule has 0 aromatic heterocycles. The van der Waals surface area contributed by atoms with Crippen molar-refractivity contribution in [3.63, 3.8) is 0 Å². The zero-order chi connectivity index (χ0) is 15.1. The molecule has 0 aromatic carbocycles. The molecule has 112 valence electrons. The monoisotopic (exact) mass is 297 g/mol.